The molecule has 0 spiro atoms. The number of aliphatic hydroxyl groups is 1. The highest BCUT2D eigenvalue weighted by molar-refractivity contribution is 5.82. The molecule has 2 unspecified atom stereocenters. The summed E-state index contributed by atoms with van der Waals surface area (Å²) in [7, 11) is 0. The number of aliphatic carboxylic acids is 1. The molecule has 0 aliphatic carbocycles. The van der Waals surface area contributed by atoms with Crippen molar-refractivity contribution in [2.45, 2.75) is 38.0 Å². The lowest BCUT2D eigenvalue weighted by molar-refractivity contribution is -0.142. The van der Waals surface area contributed by atoms with Gasteiger partial charge in [-0.1, -0.05) is 0 Å². The van der Waals surface area contributed by atoms with Gasteiger partial charge in [-0.2, -0.15) is 0 Å². The summed E-state index contributed by atoms with van der Waals surface area (Å²) < 4.78 is 0. The van der Waals surface area contributed by atoms with Gasteiger partial charge < -0.3 is 20.5 Å². The molecular formula is C12H18N4O4. The fraction of sp³-hybridized carbons (Fsp3) is 0.583. The largest absolute Gasteiger partial charge is 0.481 e. The van der Waals surface area contributed by atoms with E-state index in [1.54, 1.807) is 6.33 Å². The molecule has 0 aromatic carbocycles. The van der Waals surface area contributed by atoms with Gasteiger partial charge in [-0.25, -0.2) is 4.98 Å². The van der Waals surface area contributed by atoms with Crippen molar-refractivity contribution in [2.24, 2.45) is 0 Å². The highest BCUT2D eigenvalue weighted by atomic mass is 16.4. The highest BCUT2D eigenvalue weighted by Gasteiger charge is 2.29. The number of imidazole rings is 1. The minimum absolute atomic E-state index is 0.107. The lowest BCUT2D eigenvalue weighted by atomic mass is 10.0. The molecule has 2 atom stereocenters. The van der Waals surface area contributed by atoms with Crippen LogP contribution in [0.4, 0.5) is 0 Å². The van der Waals surface area contributed by atoms with E-state index in [2.05, 4.69) is 20.6 Å². The zero-order chi connectivity index (χ0) is 14.8. The molecule has 0 radical (unpaired) electrons. The molecule has 1 aromatic heterocycles. The molecule has 5 N–H and O–H groups in total. The number of carbonyl (C=O) groups excluding carboxylic acids is 1. The summed E-state index contributed by atoms with van der Waals surface area (Å²) in [6, 6.07) is -0.425. The van der Waals surface area contributed by atoms with E-state index in [0.717, 1.165) is 11.4 Å². The van der Waals surface area contributed by atoms with Crippen LogP contribution in [-0.2, 0) is 22.6 Å². The van der Waals surface area contributed by atoms with Gasteiger partial charge in [0.25, 0.3) is 0 Å². The molecule has 20 heavy (non-hydrogen) atoms. The second-order valence-corrected chi connectivity index (χ2v) is 5.25. The van der Waals surface area contributed by atoms with Crippen molar-refractivity contribution in [3.05, 3.63) is 17.7 Å². The smallest absolute Gasteiger partial charge is 0.306 e. The standard InChI is InChI=1S/C12H18N4O4/c1-12(20,3-10(17)18)5-14-11(19)8-2-7-9(4-13-8)16-6-15-7/h6,8,13,20H,2-5H2,1H3,(H,14,19)(H,15,16)(H,17,18). The van der Waals surface area contributed by atoms with E-state index in [-0.39, 0.29) is 12.5 Å². The van der Waals surface area contributed by atoms with E-state index in [1.807, 2.05) is 0 Å². The van der Waals surface area contributed by atoms with Crippen LogP contribution in [0.5, 0.6) is 0 Å². The number of amides is 1. The van der Waals surface area contributed by atoms with Gasteiger partial charge in [-0.15, -0.1) is 0 Å². The van der Waals surface area contributed by atoms with Gasteiger partial charge in [0.2, 0.25) is 5.91 Å². The van der Waals surface area contributed by atoms with Crippen molar-refractivity contribution in [3.63, 3.8) is 0 Å². The van der Waals surface area contributed by atoms with Crippen molar-refractivity contribution >= 4 is 11.9 Å². The number of aromatic amines is 1. The fourth-order valence-electron chi connectivity index (χ4n) is 2.14. The molecule has 8 nitrogen and oxygen atoms in total. The van der Waals surface area contributed by atoms with E-state index in [1.165, 1.54) is 6.92 Å². The molecule has 1 aromatic rings. The summed E-state index contributed by atoms with van der Waals surface area (Å²) in [6.07, 6.45) is 1.63. The molecule has 0 saturated carbocycles. The van der Waals surface area contributed by atoms with Gasteiger partial charge in [-0.05, 0) is 6.92 Å². The number of hydrogen-bond acceptors (Lipinski definition) is 5. The zero-order valence-electron chi connectivity index (χ0n) is 11.1. The summed E-state index contributed by atoms with van der Waals surface area (Å²) in [5.41, 5.74) is 0.348. The Morgan fingerprint density at radius 1 is 1.60 bits per heavy atom. The molecule has 0 fully saturated rings. The molecular weight excluding hydrogens is 264 g/mol. The van der Waals surface area contributed by atoms with Gasteiger partial charge in [0.1, 0.15) is 0 Å². The third kappa shape index (κ3) is 3.55. The number of carboxylic acid groups (broad SMARTS) is 1. The first-order valence-electron chi connectivity index (χ1n) is 6.34. The van der Waals surface area contributed by atoms with Crippen LogP contribution in [-0.4, -0.2) is 50.2 Å². The number of H-pyrrole nitrogens is 1. The average molecular weight is 282 g/mol. The lowest BCUT2D eigenvalue weighted by Gasteiger charge is -2.25. The first-order valence-corrected chi connectivity index (χ1v) is 6.34. The SMILES string of the molecule is CC(O)(CNC(=O)C1Cc2nc[nH]c2CN1)CC(=O)O. The first-order chi connectivity index (χ1) is 9.37. The normalized spacial score (nSPS) is 20.8. The fourth-order valence-corrected chi connectivity index (χ4v) is 2.14. The maximum atomic E-state index is 12.0. The minimum Gasteiger partial charge on any atom is -0.481 e. The topological polar surface area (TPSA) is 127 Å². The van der Waals surface area contributed by atoms with Crippen LogP contribution in [0.3, 0.4) is 0 Å². The summed E-state index contributed by atoms with van der Waals surface area (Å²) in [6.45, 7) is 1.80. The molecule has 2 heterocycles. The van der Waals surface area contributed by atoms with Crippen molar-refractivity contribution in [1.29, 1.82) is 0 Å². The second kappa shape index (κ2) is 5.59. The van der Waals surface area contributed by atoms with Gasteiger partial charge in [0.05, 0.1) is 35.8 Å². The van der Waals surface area contributed by atoms with Crippen LogP contribution in [0, 0.1) is 0 Å². The number of aromatic nitrogens is 2. The van der Waals surface area contributed by atoms with Crippen LogP contribution in [0.25, 0.3) is 0 Å². The zero-order valence-corrected chi connectivity index (χ0v) is 11.1. The number of hydrogen-bond donors (Lipinski definition) is 5. The first kappa shape index (κ1) is 14.5. The van der Waals surface area contributed by atoms with Crippen molar-refractivity contribution in [1.82, 2.24) is 20.6 Å². The van der Waals surface area contributed by atoms with Crippen LogP contribution >= 0.6 is 0 Å². The Balaban J connectivity index is 1.86. The van der Waals surface area contributed by atoms with Crippen LogP contribution in [0.15, 0.2) is 6.33 Å². The predicted octanol–water partition coefficient (Wildman–Crippen LogP) is -1.23. The number of rotatable bonds is 5. The van der Waals surface area contributed by atoms with Gasteiger partial charge >= 0.3 is 5.97 Å². The number of carbonyl (C=O) groups is 2. The van der Waals surface area contributed by atoms with Crippen molar-refractivity contribution < 1.29 is 19.8 Å². The summed E-state index contributed by atoms with van der Waals surface area (Å²) >= 11 is 0. The van der Waals surface area contributed by atoms with E-state index < -0.39 is 24.0 Å². The Bertz CT molecular complexity index is 511. The number of nitrogens with one attached hydrogen (secondary N) is 3. The molecule has 1 amide bonds. The number of nitrogens with zero attached hydrogens (tertiary/aromatic N) is 1. The quantitative estimate of drug-likeness (QED) is 0.460. The van der Waals surface area contributed by atoms with E-state index in [4.69, 9.17) is 5.11 Å². The molecule has 2 rings (SSSR count). The number of carboxylic acids is 1. The average Bonchev–Trinajstić information content (AvgIpc) is 2.81. The Hall–Kier alpha value is -1.93. The van der Waals surface area contributed by atoms with E-state index >= 15 is 0 Å². The van der Waals surface area contributed by atoms with E-state index in [9.17, 15) is 14.7 Å². The molecule has 8 heteroatoms. The Labute approximate surface area is 115 Å². The monoisotopic (exact) mass is 282 g/mol. The molecule has 0 saturated heterocycles. The third-order valence-electron chi connectivity index (χ3n) is 3.22. The van der Waals surface area contributed by atoms with Crippen LogP contribution in [0.2, 0.25) is 0 Å². The van der Waals surface area contributed by atoms with E-state index in [0.29, 0.717) is 13.0 Å². The minimum atomic E-state index is -1.46. The Morgan fingerprint density at radius 2 is 2.35 bits per heavy atom. The Morgan fingerprint density at radius 3 is 3.05 bits per heavy atom. The van der Waals surface area contributed by atoms with Crippen molar-refractivity contribution in [2.75, 3.05) is 6.54 Å². The molecule has 110 valence electrons. The number of fused-ring (bicyclic) bond motifs is 1. The molecule has 1 aliphatic heterocycles. The van der Waals surface area contributed by atoms with Gasteiger partial charge in [0.15, 0.2) is 0 Å². The second-order valence-electron chi connectivity index (χ2n) is 5.25. The third-order valence-corrected chi connectivity index (χ3v) is 3.22. The van der Waals surface area contributed by atoms with Crippen LogP contribution < -0.4 is 10.6 Å². The maximum Gasteiger partial charge on any atom is 0.306 e. The predicted molar refractivity (Wildman–Crippen MR) is 68.8 cm³/mol. The van der Waals surface area contributed by atoms with Gasteiger partial charge in [-0.3, -0.25) is 14.9 Å². The summed E-state index contributed by atoms with van der Waals surface area (Å²) in [5.74, 6) is -1.38. The maximum absolute atomic E-state index is 12.0. The van der Waals surface area contributed by atoms with Crippen LogP contribution in [0.1, 0.15) is 24.7 Å². The van der Waals surface area contributed by atoms with Crippen molar-refractivity contribution in [3.8, 4) is 0 Å². The molecule has 0 bridgehead atoms. The molecule has 1 aliphatic rings. The highest BCUT2D eigenvalue weighted by Crippen LogP contribution is 2.13. The lowest BCUT2D eigenvalue weighted by Crippen LogP contribution is -2.51. The summed E-state index contributed by atoms with van der Waals surface area (Å²) in [4.78, 5) is 29.7. The van der Waals surface area contributed by atoms with Gasteiger partial charge in [0, 0.05) is 19.5 Å². The summed E-state index contributed by atoms with van der Waals surface area (Å²) in [5, 5.41) is 24.1. The Kier molecular flexibility index (Phi) is 4.05.